The Balaban J connectivity index is 1.42. The Morgan fingerprint density at radius 2 is 1.96 bits per heavy atom. The van der Waals surface area contributed by atoms with Crippen molar-refractivity contribution in [3.05, 3.63) is 82.8 Å². The van der Waals surface area contributed by atoms with Crippen molar-refractivity contribution < 1.29 is 23.0 Å². The van der Waals surface area contributed by atoms with E-state index in [1.54, 1.807) is 56.1 Å². The number of carbonyl (C=O) groups excluding carboxylic acids is 1. The minimum atomic E-state index is -0.761. The number of carbonyl (C=O) groups is 1. The number of pyridine rings is 1. The van der Waals surface area contributed by atoms with E-state index >= 15 is 4.39 Å². The topological polar surface area (TPSA) is 103 Å². The number of hydrogen-bond donors (Lipinski definition) is 0. The largest absolute Gasteiger partial charge is 0.463 e. The van der Waals surface area contributed by atoms with Crippen LogP contribution >= 0.6 is 11.6 Å². The van der Waals surface area contributed by atoms with Gasteiger partial charge in [-0.15, -0.1) is 0 Å². The van der Waals surface area contributed by atoms with Crippen LogP contribution in [0.5, 0.6) is 6.01 Å². The molecule has 0 radical (unpaired) electrons. The van der Waals surface area contributed by atoms with Gasteiger partial charge in [-0.3, -0.25) is 9.88 Å². The summed E-state index contributed by atoms with van der Waals surface area (Å²) >= 11 is 6.38. The summed E-state index contributed by atoms with van der Waals surface area (Å²) < 4.78 is 44.7. The van der Waals surface area contributed by atoms with Gasteiger partial charge in [-0.25, -0.2) is 25.1 Å². The second-order valence-electron chi connectivity index (χ2n) is 12.4. The van der Waals surface area contributed by atoms with E-state index in [-0.39, 0.29) is 48.5 Å². The van der Waals surface area contributed by atoms with Crippen LogP contribution in [0.4, 0.5) is 19.4 Å². The highest BCUT2D eigenvalue weighted by atomic mass is 35.5. The van der Waals surface area contributed by atoms with Crippen molar-refractivity contribution in [1.82, 2.24) is 29.4 Å². The molecule has 4 heterocycles. The van der Waals surface area contributed by atoms with Gasteiger partial charge in [0.05, 0.1) is 17.0 Å². The van der Waals surface area contributed by atoms with E-state index in [9.17, 15) is 9.18 Å². The lowest BCUT2D eigenvalue weighted by molar-refractivity contribution is 0.0155. The third kappa shape index (κ3) is 6.53. The standard InChI is InChI=1S/C34H33ClF2N8O3/c1-34(2,3)48-33(46)45-15-14-44(19-21(45)17-38-4)31-23-18-40-29(22-8-6-7-20-9-10-24(36)27(35)26(20)22)28(37)30(23)41-32(42-31)47-16-11-25-39-12-13-43(25)5/h6-10,12-13,18,21H,11,14-17,19H2,1-3,5H3/t21-/m0/s1. The number of aromatic nitrogens is 5. The van der Waals surface area contributed by atoms with Crippen molar-refractivity contribution in [3.8, 4) is 17.3 Å². The normalized spacial score (nSPS) is 15.2. The molecule has 11 nitrogen and oxygen atoms in total. The summed E-state index contributed by atoms with van der Waals surface area (Å²) in [6.07, 6.45) is 4.92. The van der Waals surface area contributed by atoms with Crippen LogP contribution in [0.15, 0.2) is 48.9 Å². The minimum Gasteiger partial charge on any atom is -0.463 e. The zero-order chi connectivity index (χ0) is 34.2. The second kappa shape index (κ2) is 13.2. The van der Waals surface area contributed by atoms with Gasteiger partial charge in [0.25, 0.3) is 0 Å². The fourth-order valence-corrected chi connectivity index (χ4v) is 6.04. The highest BCUT2D eigenvalue weighted by Crippen LogP contribution is 2.38. The lowest BCUT2D eigenvalue weighted by Crippen LogP contribution is -2.57. The van der Waals surface area contributed by atoms with Crippen LogP contribution in [-0.4, -0.2) is 79.9 Å². The van der Waals surface area contributed by atoms with Gasteiger partial charge in [0.15, 0.2) is 5.82 Å². The van der Waals surface area contributed by atoms with E-state index in [2.05, 4.69) is 24.8 Å². The average molecular weight is 675 g/mol. The highest BCUT2D eigenvalue weighted by Gasteiger charge is 2.36. The number of aryl methyl sites for hydroxylation is 1. The van der Waals surface area contributed by atoms with Gasteiger partial charge in [0, 0.05) is 62.6 Å². The third-order valence-electron chi connectivity index (χ3n) is 8.02. The molecular weight excluding hydrogens is 642 g/mol. The maximum Gasteiger partial charge on any atom is 0.410 e. The Bertz CT molecular complexity index is 2060. The lowest BCUT2D eigenvalue weighted by Gasteiger charge is -2.40. The molecule has 1 fully saturated rings. The van der Waals surface area contributed by atoms with Gasteiger partial charge in [0.2, 0.25) is 6.54 Å². The van der Waals surface area contributed by atoms with Crippen molar-refractivity contribution in [2.75, 3.05) is 37.7 Å². The zero-order valence-corrected chi connectivity index (χ0v) is 27.6. The van der Waals surface area contributed by atoms with Crippen LogP contribution in [0, 0.1) is 18.2 Å². The number of anilines is 1. The Kier molecular flexibility index (Phi) is 9.03. The Morgan fingerprint density at radius 3 is 2.69 bits per heavy atom. The molecule has 1 saturated heterocycles. The zero-order valence-electron chi connectivity index (χ0n) is 26.9. The van der Waals surface area contributed by atoms with Crippen molar-refractivity contribution in [2.24, 2.45) is 7.05 Å². The molecule has 0 bridgehead atoms. The number of benzene rings is 2. The number of amides is 1. The molecule has 0 N–H and O–H groups in total. The first-order valence-electron chi connectivity index (χ1n) is 15.3. The van der Waals surface area contributed by atoms with E-state index in [0.717, 1.165) is 5.82 Å². The Labute approximate surface area is 280 Å². The van der Waals surface area contributed by atoms with Crippen LogP contribution in [0.3, 0.4) is 0 Å². The molecule has 1 amide bonds. The maximum atomic E-state index is 16.7. The van der Waals surface area contributed by atoms with Gasteiger partial charge < -0.3 is 23.8 Å². The van der Waals surface area contributed by atoms with Gasteiger partial charge in [-0.05, 0) is 32.2 Å². The Hall–Kier alpha value is -5.09. The first-order chi connectivity index (χ1) is 22.9. The van der Waals surface area contributed by atoms with E-state index < -0.39 is 29.4 Å². The van der Waals surface area contributed by atoms with Gasteiger partial charge in [0.1, 0.15) is 40.3 Å². The number of imidazole rings is 1. The van der Waals surface area contributed by atoms with Crippen LogP contribution in [0.2, 0.25) is 5.02 Å². The number of fused-ring (bicyclic) bond motifs is 2. The average Bonchev–Trinajstić information content (AvgIpc) is 3.46. The highest BCUT2D eigenvalue weighted by molar-refractivity contribution is 6.36. The summed E-state index contributed by atoms with van der Waals surface area (Å²) in [4.78, 5) is 38.0. The van der Waals surface area contributed by atoms with Gasteiger partial charge >= 0.3 is 12.1 Å². The van der Waals surface area contributed by atoms with E-state index in [4.69, 9.17) is 27.6 Å². The predicted molar refractivity (Wildman–Crippen MR) is 178 cm³/mol. The van der Waals surface area contributed by atoms with E-state index in [0.29, 0.717) is 40.5 Å². The van der Waals surface area contributed by atoms with Crippen LogP contribution in [0.1, 0.15) is 26.6 Å². The summed E-state index contributed by atoms with van der Waals surface area (Å²) in [5.74, 6) is -0.270. The SMILES string of the molecule is [C-]#[N+]C[C@H]1CN(c2nc(OCCc3nccn3C)nc3c(F)c(-c4cccc5ccc(F)c(Cl)c45)ncc23)CCN1C(=O)OC(C)(C)C. The minimum absolute atomic E-state index is 0.0287. The number of halogens is 3. The molecule has 0 saturated carbocycles. The molecule has 0 unspecified atom stereocenters. The molecule has 14 heteroatoms. The lowest BCUT2D eigenvalue weighted by atomic mass is 10.0. The first-order valence-corrected chi connectivity index (χ1v) is 15.7. The maximum absolute atomic E-state index is 16.7. The summed E-state index contributed by atoms with van der Waals surface area (Å²) in [5, 5.41) is 1.11. The van der Waals surface area contributed by atoms with E-state index in [1.165, 1.54) is 12.3 Å². The van der Waals surface area contributed by atoms with Gasteiger partial charge in [-0.2, -0.15) is 9.97 Å². The molecule has 1 aliphatic rings. The van der Waals surface area contributed by atoms with Crippen molar-refractivity contribution in [3.63, 3.8) is 0 Å². The summed E-state index contributed by atoms with van der Waals surface area (Å²) in [6, 6.07) is 7.35. The quantitative estimate of drug-likeness (QED) is 0.181. The Morgan fingerprint density at radius 1 is 1.15 bits per heavy atom. The summed E-state index contributed by atoms with van der Waals surface area (Å²) in [5.41, 5.74) is -0.526. The monoisotopic (exact) mass is 674 g/mol. The number of piperazine rings is 1. The molecule has 1 aliphatic heterocycles. The number of ether oxygens (including phenoxy) is 2. The molecule has 0 aliphatic carbocycles. The second-order valence-corrected chi connectivity index (χ2v) is 12.8. The van der Waals surface area contributed by atoms with Crippen molar-refractivity contribution in [2.45, 2.75) is 38.8 Å². The fourth-order valence-electron chi connectivity index (χ4n) is 5.76. The number of hydrogen-bond acceptors (Lipinski definition) is 8. The first kappa shape index (κ1) is 32.8. The van der Waals surface area contributed by atoms with E-state index in [1.807, 2.05) is 22.7 Å². The van der Waals surface area contributed by atoms with Crippen molar-refractivity contribution in [1.29, 1.82) is 0 Å². The molecule has 5 aromatic rings. The van der Waals surface area contributed by atoms with Crippen molar-refractivity contribution >= 4 is 45.2 Å². The fraction of sp³-hybridized carbons (Fsp3) is 0.353. The van der Waals surface area contributed by atoms with Crippen LogP contribution in [0.25, 0.3) is 37.8 Å². The molecule has 3 aromatic heterocycles. The van der Waals surface area contributed by atoms with Gasteiger partial charge in [-0.1, -0.05) is 35.9 Å². The molecule has 48 heavy (non-hydrogen) atoms. The smallest absolute Gasteiger partial charge is 0.410 e. The molecule has 2 aromatic carbocycles. The molecule has 1 atom stereocenters. The number of rotatable bonds is 7. The molecule has 248 valence electrons. The predicted octanol–water partition coefficient (Wildman–Crippen LogP) is 6.48. The molecule has 6 rings (SSSR count). The molecular formula is C34H33ClF2N8O3. The number of nitrogens with zero attached hydrogens (tertiary/aromatic N) is 8. The van der Waals surface area contributed by atoms with Crippen LogP contribution in [-0.2, 0) is 18.2 Å². The molecule has 0 spiro atoms. The third-order valence-corrected chi connectivity index (χ3v) is 8.39. The van der Waals surface area contributed by atoms with Crippen LogP contribution < -0.4 is 9.64 Å². The summed E-state index contributed by atoms with van der Waals surface area (Å²) in [6.45, 7) is 13.9. The summed E-state index contributed by atoms with van der Waals surface area (Å²) in [7, 11) is 1.87.